The quantitative estimate of drug-likeness (QED) is 0.589. The maximum atomic E-state index is 5.46. The minimum Gasteiger partial charge on any atom is -0.381 e. The standard InChI is InChI=1S/C11H19N3OS/c1-2-7-15-8-3-6-14-10(9-4-5-9)12-13-11(14)16/h9H,2-8H2,1H3,(H,13,16). The van der Waals surface area contributed by atoms with Gasteiger partial charge in [-0.25, -0.2) is 0 Å². The first-order valence-electron chi connectivity index (χ1n) is 6.05. The molecule has 0 radical (unpaired) electrons. The van der Waals surface area contributed by atoms with Gasteiger partial charge in [0.05, 0.1) is 0 Å². The number of hydrogen-bond donors (Lipinski definition) is 1. The van der Waals surface area contributed by atoms with Crippen LogP contribution in [-0.2, 0) is 11.3 Å². The molecule has 1 fully saturated rings. The summed E-state index contributed by atoms with van der Waals surface area (Å²) in [4.78, 5) is 0. The number of rotatable bonds is 7. The van der Waals surface area contributed by atoms with Crippen molar-refractivity contribution in [2.45, 2.75) is 45.1 Å². The fraction of sp³-hybridized carbons (Fsp3) is 0.818. The van der Waals surface area contributed by atoms with Crippen molar-refractivity contribution in [2.24, 2.45) is 0 Å². The Morgan fingerprint density at radius 1 is 1.50 bits per heavy atom. The van der Waals surface area contributed by atoms with Gasteiger partial charge < -0.3 is 9.30 Å². The molecule has 0 unspecified atom stereocenters. The van der Waals surface area contributed by atoms with Crippen molar-refractivity contribution in [3.05, 3.63) is 10.6 Å². The fourth-order valence-corrected chi connectivity index (χ4v) is 2.00. The molecule has 0 bridgehead atoms. The smallest absolute Gasteiger partial charge is 0.195 e. The van der Waals surface area contributed by atoms with Crippen LogP contribution in [0.15, 0.2) is 0 Å². The average molecular weight is 241 g/mol. The van der Waals surface area contributed by atoms with Gasteiger partial charge in [0.2, 0.25) is 0 Å². The second-order valence-electron chi connectivity index (χ2n) is 4.28. The first-order valence-corrected chi connectivity index (χ1v) is 6.46. The summed E-state index contributed by atoms with van der Waals surface area (Å²) >= 11 is 5.22. The van der Waals surface area contributed by atoms with E-state index < -0.39 is 0 Å². The summed E-state index contributed by atoms with van der Waals surface area (Å²) in [6, 6.07) is 0. The molecule has 1 N–H and O–H groups in total. The summed E-state index contributed by atoms with van der Waals surface area (Å²) in [5, 5.41) is 7.18. The zero-order valence-corrected chi connectivity index (χ0v) is 10.6. The van der Waals surface area contributed by atoms with E-state index in [0.717, 1.165) is 43.2 Å². The van der Waals surface area contributed by atoms with Crippen LogP contribution in [-0.4, -0.2) is 28.0 Å². The van der Waals surface area contributed by atoms with Crippen molar-refractivity contribution in [3.63, 3.8) is 0 Å². The highest BCUT2D eigenvalue weighted by atomic mass is 32.1. The van der Waals surface area contributed by atoms with Crippen LogP contribution in [0, 0.1) is 4.77 Å². The van der Waals surface area contributed by atoms with Gasteiger partial charge in [0.25, 0.3) is 0 Å². The predicted molar refractivity (Wildman–Crippen MR) is 65.1 cm³/mol. The van der Waals surface area contributed by atoms with Crippen LogP contribution in [0.4, 0.5) is 0 Å². The van der Waals surface area contributed by atoms with E-state index in [0.29, 0.717) is 5.92 Å². The zero-order chi connectivity index (χ0) is 11.4. The highest BCUT2D eigenvalue weighted by Crippen LogP contribution is 2.38. The third-order valence-corrected chi connectivity index (χ3v) is 3.06. The van der Waals surface area contributed by atoms with Crippen molar-refractivity contribution < 1.29 is 4.74 Å². The van der Waals surface area contributed by atoms with Crippen LogP contribution >= 0.6 is 12.2 Å². The van der Waals surface area contributed by atoms with Crippen molar-refractivity contribution in [1.82, 2.24) is 14.8 Å². The lowest BCUT2D eigenvalue weighted by molar-refractivity contribution is 0.129. The Bertz CT molecular complexity index is 381. The molecule has 1 aromatic rings. The lowest BCUT2D eigenvalue weighted by Crippen LogP contribution is -2.06. The Morgan fingerprint density at radius 3 is 3.00 bits per heavy atom. The minimum atomic E-state index is 0.643. The maximum Gasteiger partial charge on any atom is 0.195 e. The Labute approximate surface area is 101 Å². The van der Waals surface area contributed by atoms with Crippen LogP contribution in [0.2, 0.25) is 0 Å². The van der Waals surface area contributed by atoms with E-state index in [1.54, 1.807) is 0 Å². The van der Waals surface area contributed by atoms with Crippen molar-refractivity contribution >= 4 is 12.2 Å². The van der Waals surface area contributed by atoms with Gasteiger partial charge in [-0.3, -0.25) is 5.10 Å². The summed E-state index contributed by atoms with van der Waals surface area (Å²) in [6.45, 7) is 4.71. The molecular formula is C11H19N3OS. The van der Waals surface area contributed by atoms with Gasteiger partial charge in [-0.05, 0) is 37.9 Å². The molecule has 4 nitrogen and oxygen atoms in total. The van der Waals surface area contributed by atoms with Crippen LogP contribution in [0.5, 0.6) is 0 Å². The van der Waals surface area contributed by atoms with E-state index in [4.69, 9.17) is 17.0 Å². The number of ether oxygens (including phenoxy) is 1. The third kappa shape index (κ3) is 2.92. The van der Waals surface area contributed by atoms with Crippen LogP contribution < -0.4 is 0 Å². The van der Waals surface area contributed by atoms with Gasteiger partial charge in [0.15, 0.2) is 4.77 Å². The van der Waals surface area contributed by atoms with E-state index in [-0.39, 0.29) is 0 Å². The van der Waals surface area contributed by atoms with Gasteiger partial charge in [0.1, 0.15) is 5.82 Å². The number of aromatic nitrogens is 3. The molecule has 0 aromatic carbocycles. The monoisotopic (exact) mass is 241 g/mol. The van der Waals surface area contributed by atoms with Crippen LogP contribution in [0.1, 0.15) is 44.3 Å². The van der Waals surface area contributed by atoms with E-state index in [2.05, 4.69) is 21.7 Å². The first-order chi connectivity index (χ1) is 7.83. The second kappa shape index (κ2) is 5.59. The third-order valence-electron chi connectivity index (χ3n) is 2.75. The van der Waals surface area contributed by atoms with E-state index in [1.807, 2.05) is 0 Å². The average Bonchev–Trinajstić information content (AvgIpc) is 3.05. The molecule has 1 saturated carbocycles. The summed E-state index contributed by atoms with van der Waals surface area (Å²) in [5.41, 5.74) is 0. The molecule has 1 heterocycles. The Balaban J connectivity index is 1.83. The molecule has 0 amide bonds. The summed E-state index contributed by atoms with van der Waals surface area (Å²) < 4.78 is 8.33. The molecule has 16 heavy (non-hydrogen) atoms. The van der Waals surface area contributed by atoms with Gasteiger partial charge in [-0.2, -0.15) is 5.10 Å². The SMILES string of the molecule is CCCOCCCn1c(C2CC2)n[nH]c1=S. The number of hydrogen-bond acceptors (Lipinski definition) is 3. The van der Waals surface area contributed by atoms with Crippen molar-refractivity contribution in [1.29, 1.82) is 0 Å². The zero-order valence-electron chi connectivity index (χ0n) is 9.74. The van der Waals surface area contributed by atoms with Crippen LogP contribution in [0.25, 0.3) is 0 Å². The largest absolute Gasteiger partial charge is 0.381 e. The molecule has 0 atom stereocenters. The molecule has 1 aliphatic carbocycles. The summed E-state index contributed by atoms with van der Waals surface area (Å²) in [6.07, 6.45) is 4.60. The minimum absolute atomic E-state index is 0.643. The van der Waals surface area contributed by atoms with Gasteiger partial charge in [-0.15, -0.1) is 0 Å². The summed E-state index contributed by atoms with van der Waals surface area (Å²) in [5.74, 6) is 1.78. The van der Waals surface area contributed by atoms with Crippen molar-refractivity contribution in [2.75, 3.05) is 13.2 Å². The van der Waals surface area contributed by atoms with E-state index in [9.17, 15) is 0 Å². The molecular weight excluding hydrogens is 222 g/mol. The number of nitrogens with zero attached hydrogens (tertiary/aromatic N) is 2. The van der Waals surface area contributed by atoms with Crippen LogP contribution in [0.3, 0.4) is 0 Å². The van der Waals surface area contributed by atoms with E-state index in [1.165, 1.54) is 12.8 Å². The number of aromatic amines is 1. The second-order valence-corrected chi connectivity index (χ2v) is 4.67. The molecule has 0 spiro atoms. The topological polar surface area (TPSA) is 42.8 Å². The predicted octanol–water partition coefficient (Wildman–Crippen LogP) is 2.63. The molecule has 1 aromatic heterocycles. The fourth-order valence-electron chi connectivity index (χ4n) is 1.77. The van der Waals surface area contributed by atoms with Crippen molar-refractivity contribution in [3.8, 4) is 0 Å². The highest BCUT2D eigenvalue weighted by Gasteiger charge is 2.28. The van der Waals surface area contributed by atoms with E-state index >= 15 is 0 Å². The molecule has 90 valence electrons. The highest BCUT2D eigenvalue weighted by molar-refractivity contribution is 7.71. The maximum absolute atomic E-state index is 5.46. The van der Waals surface area contributed by atoms with Gasteiger partial charge >= 0.3 is 0 Å². The first kappa shape index (κ1) is 11.8. The number of nitrogens with one attached hydrogen (secondary N) is 1. The molecule has 5 heteroatoms. The molecule has 0 saturated heterocycles. The lowest BCUT2D eigenvalue weighted by Gasteiger charge is -2.06. The molecule has 1 aliphatic rings. The number of H-pyrrole nitrogens is 1. The summed E-state index contributed by atoms with van der Waals surface area (Å²) in [7, 11) is 0. The Morgan fingerprint density at radius 2 is 2.31 bits per heavy atom. The molecule has 0 aliphatic heterocycles. The van der Waals surface area contributed by atoms with Gasteiger partial charge in [0, 0.05) is 25.7 Å². The normalized spacial score (nSPS) is 15.6. The van der Waals surface area contributed by atoms with Gasteiger partial charge in [-0.1, -0.05) is 6.92 Å². The molecule has 2 rings (SSSR count). The Hall–Kier alpha value is -0.680. The lowest BCUT2D eigenvalue weighted by atomic mass is 10.3. The Kier molecular flexibility index (Phi) is 4.12.